The van der Waals surface area contributed by atoms with Crippen molar-refractivity contribution in [2.45, 2.75) is 51.6 Å². The lowest BCUT2D eigenvalue weighted by Crippen LogP contribution is -2.51. The van der Waals surface area contributed by atoms with Crippen LogP contribution in [0.3, 0.4) is 0 Å². The molecule has 4 rings (SSSR count). The number of anilines is 1. The Kier molecular flexibility index (Phi) is 11.9. The molecular weight excluding hydrogens is 608 g/mol. The summed E-state index contributed by atoms with van der Waals surface area (Å²) >= 11 is 6.06. The van der Waals surface area contributed by atoms with Gasteiger partial charge in [-0.1, -0.05) is 41.0 Å². The van der Waals surface area contributed by atoms with Crippen LogP contribution >= 0.6 is 11.6 Å². The number of nitrogens with one attached hydrogen (secondary N) is 1. The van der Waals surface area contributed by atoms with E-state index in [2.05, 4.69) is 29.2 Å². The Labute approximate surface area is 266 Å². The topological polar surface area (TPSA) is 108 Å². The third kappa shape index (κ3) is 9.48. The lowest BCUT2D eigenvalue weighted by Gasteiger charge is -2.37. The molecule has 0 spiro atoms. The van der Waals surface area contributed by atoms with Gasteiger partial charge in [-0.05, 0) is 50.5 Å². The lowest BCUT2D eigenvalue weighted by atomic mass is 10.1. The molecule has 0 unspecified atom stereocenters. The van der Waals surface area contributed by atoms with Crippen LogP contribution in [0, 0.1) is 11.6 Å². The summed E-state index contributed by atoms with van der Waals surface area (Å²) in [5.41, 5.74) is 1.29. The number of nitrogens with zero attached hydrogens (tertiary/aromatic N) is 4. The van der Waals surface area contributed by atoms with Gasteiger partial charge in [0, 0.05) is 63.7 Å². The Morgan fingerprint density at radius 2 is 1.80 bits per heavy atom. The van der Waals surface area contributed by atoms with Gasteiger partial charge in [-0.25, -0.2) is 13.6 Å². The monoisotopic (exact) mass is 645 g/mol. The van der Waals surface area contributed by atoms with Crippen LogP contribution < -0.4 is 5.32 Å². The van der Waals surface area contributed by atoms with Crippen LogP contribution in [0.15, 0.2) is 53.1 Å². The van der Waals surface area contributed by atoms with Crippen LogP contribution in [0.4, 0.5) is 19.5 Å². The summed E-state index contributed by atoms with van der Waals surface area (Å²) in [5, 5.41) is 6.26. The van der Waals surface area contributed by atoms with Crippen LogP contribution in [-0.4, -0.2) is 89.7 Å². The molecule has 0 bridgehead atoms. The van der Waals surface area contributed by atoms with Crippen molar-refractivity contribution in [2.75, 3.05) is 45.2 Å². The molecule has 1 saturated heterocycles. The summed E-state index contributed by atoms with van der Waals surface area (Å²) in [6.45, 7) is 6.88. The number of likely N-dealkylation sites (N-methyl/N-ethyl adjacent to an activating group) is 1. The maximum atomic E-state index is 13.9. The second-order valence-electron chi connectivity index (χ2n) is 11.2. The third-order valence-electron chi connectivity index (χ3n) is 7.93. The Morgan fingerprint density at radius 1 is 1.07 bits per heavy atom. The molecule has 0 radical (unpaired) electrons. The van der Waals surface area contributed by atoms with Gasteiger partial charge in [-0.3, -0.25) is 19.8 Å². The van der Waals surface area contributed by atoms with Gasteiger partial charge in [0.15, 0.2) is 0 Å². The van der Waals surface area contributed by atoms with E-state index in [1.54, 1.807) is 19.2 Å². The van der Waals surface area contributed by atoms with Gasteiger partial charge < -0.3 is 19.1 Å². The van der Waals surface area contributed by atoms with E-state index in [1.165, 1.54) is 41.3 Å². The fourth-order valence-electron chi connectivity index (χ4n) is 5.11. The van der Waals surface area contributed by atoms with E-state index in [0.29, 0.717) is 36.0 Å². The van der Waals surface area contributed by atoms with Crippen molar-refractivity contribution in [2.24, 2.45) is 0 Å². The third-order valence-corrected chi connectivity index (χ3v) is 8.36. The number of benzene rings is 2. The van der Waals surface area contributed by atoms with Gasteiger partial charge in [0.05, 0.1) is 11.1 Å². The molecule has 1 aliphatic heterocycles. The molecule has 1 aliphatic rings. The molecule has 0 saturated carbocycles. The van der Waals surface area contributed by atoms with Gasteiger partial charge in [-0.2, -0.15) is 0 Å². The summed E-state index contributed by atoms with van der Waals surface area (Å²) in [7, 11) is 1.58. The molecule has 242 valence electrons. The van der Waals surface area contributed by atoms with Gasteiger partial charge in [0.1, 0.15) is 23.9 Å². The number of aromatic nitrogens is 1. The number of amides is 3. The molecule has 2 heterocycles. The van der Waals surface area contributed by atoms with Crippen molar-refractivity contribution < 1.29 is 32.4 Å². The first-order chi connectivity index (χ1) is 21.5. The van der Waals surface area contributed by atoms with Crippen LogP contribution in [-0.2, 0) is 20.7 Å². The number of aryl methyl sites for hydroxylation is 1. The molecule has 1 aromatic heterocycles. The van der Waals surface area contributed by atoms with Crippen molar-refractivity contribution in [3.63, 3.8) is 0 Å². The van der Waals surface area contributed by atoms with Crippen molar-refractivity contribution in [1.29, 1.82) is 0 Å². The summed E-state index contributed by atoms with van der Waals surface area (Å²) in [6.07, 6.45) is -0.194. The van der Waals surface area contributed by atoms with Crippen molar-refractivity contribution in [3.8, 4) is 11.3 Å². The highest BCUT2D eigenvalue weighted by atomic mass is 35.5. The van der Waals surface area contributed by atoms with Crippen LogP contribution in [0.2, 0.25) is 5.02 Å². The van der Waals surface area contributed by atoms with Crippen LogP contribution in [0.25, 0.3) is 11.3 Å². The van der Waals surface area contributed by atoms with Crippen molar-refractivity contribution >= 4 is 35.4 Å². The summed E-state index contributed by atoms with van der Waals surface area (Å²) < 4.78 is 38.0. The van der Waals surface area contributed by atoms with E-state index in [4.69, 9.17) is 20.9 Å². The molecule has 1 fully saturated rings. The summed E-state index contributed by atoms with van der Waals surface area (Å²) in [4.78, 5) is 44.5. The number of hydrogen-bond donors (Lipinski definition) is 1. The Morgan fingerprint density at radius 3 is 2.51 bits per heavy atom. The SMILES string of the molecule is CC(C)N1CCN(C(=O)CC[C@@H](COC(=O)Nc2cc(-c3cccc(F)c3)no2)N(C)C(=O)CCc2cccc(F)c2Cl)CC1. The number of ether oxygens (including phenoxy) is 1. The lowest BCUT2D eigenvalue weighted by molar-refractivity contribution is -0.136. The largest absolute Gasteiger partial charge is 0.447 e. The standard InChI is InChI=1S/C32H38ClF2N5O5/c1-21(2)39-14-16-40(17-15-39)30(42)13-11-25(38(3)29(41)12-10-22-6-5-9-26(35)31(22)33)20-44-32(43)36-28-19-27(37-45-28)23-7-4-8-24(34)18-23/h4-9,18-19,21,25H,10-17,20H2,1-3H3,(H,36,43)/t25-/m0/s1. The van der Waals surface area contributed by atoms with E-state index in [0.717, 1.165) is 13.1 Å². The van der Waals surface area contributed by atoms with E-state index in [1.807, 2.05) is 4.90 Å². The molecule has 45 heavy (non-hydrogen) atoms. The molecule has 3 aromatic rings. The predicted molar refractivity (Wildman–Crippen MR) is 166 cm³/mol. The zero-order valence-corrected chi connectivity index (χ0v) is 26.4. The maximum Gasteiger partial charge on any atom is 0.414 e. The molecule has 10 nitrogen and oxygen atoms in total. The minimum atomic E-state index is -0.856. The Balaban J connectivity index is 1.36. The van der Waals surface area contributed by atoms with E-state index >= 15 is 0 Å². The highest BCUT2D eigenvalue weighted by Gasteiger charge is 2.27. The minimum absolute atomic E-state index is 0.0112. The van der Waals surface area contributed by atoms with Gasteiger partial charge in [0.25, 0.3) is 0 Å². The minimum Gasteiger partial charge on any atom is -0.447 e. The predicted octanol–water partition coefficient (Wildman–Crippen LogP) is 5.61. The maximum absolute atomic E-state index is 13.9. The van der Waals surface area contributed by atoms with Crippen molar-refractivity contribution in [1.82, 2.24) is 19.9 Å². The van der Waals surface area contributed by atoms with E-state index in [-0.39, 0.29) is 55.0 Å². The number of piperazine rings is 1. The Hall–Kier alpha value is -4.03. The highest BCUT2D eigenvalue weighted by Crippen LogP contribution is 2.23. The first kappa shape index (κ1) is 33.9. The Bertz CT molecular complexity index is 1480. The quantitative estimate of drug-likeness (QED) is 0.273. The van der Waals surface area contributed by atoms with Crippen LogP contribution in [0.5, 0.6) is 0 Å². The average Bonchev–Trinajstić information content (AvgIpc) is 3.49. The first-order valence-corrected chi connectivity index (χ1v) is 15.3. The molecule has 2 aromatic carbocycles. The fourth-order valence-corrected chi connectivity index (χ4v) is 5.33. The van der Waals surface area contributed by atoms with E-state index < -0.39 is 23.8 Å². The molecule has 1 atom stereocenters. The number of rotatable bonds is 12. The highest BCUT2D eigenvalue weighted by molar-refractivity contribution is 6.31. The smallest absolute Gasteiger partial charge is 0.414 e. The molecule has 0 aliphatic carbocycles. The molecular formula is C32H38ClF2N5O5. The summed E-state index contributed by atoms with van der Waals surface area (Å²) in [5.74, 6) is -1.33. The molecule has 13 heteroatoms. The zero-order valence-electron chi connectivity index (χ0n) is 25.6. The average molecular weight is 646 g/mol. The number of halogens is 3. The molecule has 1 N–H and O–H groups in total. The van der Waals surface area contributed by atoms with Crippen molar-refractivity contribution in [3.05, 3.63) is 70.8 Å². The first-order valence-electron chi connectivity index (χ1n) is 14.9. The zero-order chi connectivity index (χ0) is 32.5. The fraction of sp³-hybridized carbons (Fsp3) is 0.438. The van der Waals surface area contributed by atoms with E-state index in [9.17, 15) is 23.2 Å². The number of hydrogen-bond acceptors (Lipinski definition) is 7. The van der Waals surface area contributed by atoms with Gasteiger partial charge in [-0.15, -0.1) is 0 Å². The number of carbonyl (C=O) groups is 3. The van der Waals surface area contributed by atoms with Gasteiger partial charge in [0.2, 0.25) is 17.7 Å². The van der Waals surface area contributed by atoms with Gasteiger partial charge >= 0.3 is 6.09 Å². The second-order valence-corrected chi connectivity index (χ2v) is 11.6. The summed E-state index contributed by atoms with van der Waals surface area (Å²) in [6, 6.07) is 11.4. The second kappa shape index (κ2) is 15.8. The number of carbonyl (C=O) groups excluding carboxylic acids is 3. The normalized spacial score (nSPS) is 14.3. The van der Waals surface area contributed by atoms with Crippen LogP contribution in [0.1, 0.15) is 38.7 Å². The molecule has 3 amide bonds.